The van der Waals surface area contributed by atoms with E-state index < -0.39 is 11.7 Å². The summed E-state index contributed by atoms with van der Waals surface area (Å²) in [6.45, 7) is 7.22. The topological polar surface area (TPSA) is 77.2 Å². The van der Waals surface area contributed by atoms with Crippen LogP contribution in [0.25, 0.3) is 0 Å². The quantitative estimate of drug-likeness (QED) is 0.894. The van der Waals surface area contributed by atoms with Gasteiger partial charge in [-0.15, -0.1) is 0 Å². The molecule has 6 nitrogen and oxygen atoms in total. The molecule has 1 aliphatic rings. The van der Waals surface area contributed by atoms with Crippen molar-refractivity contribution in [2.24, 2.45) is 5.92 Å². The third-order valence-electron chi connectivity index (χ3n) is 2.59. The molecule has 0 spiro atoms. The van der Waals surface area contributed by atoms with E-state index in [0.717, 1.165) is 12.8 Å². The number of carbonyl (C=O) groups excluding carboxylic acids is 1. The van der Waals surface area contributed by atoms with Gasteiger partial charge in [0, 0.05) is 6.92 Å². The van der Waals surface area contributed by atoms with E-state index in [1.54, 1.807) is 6.92 Å². The van der Waals surface area contributed by atoms with Crippen molar-refractivity contribution >= 4 is 6.09 Å². The standard InChI is InChI=1S/C12H19N3O3/c1-7-13-10(15-18-7)9(8-5-6-8)14-11(16)17-12(2,3)4/h8-9H,5-6H2,1-4H3,(H,14,16)/t9-/m1/s1. The van der Waals surface area contributed by atoms with Gasteiger partial charge in [0.2, 0.25) is 5.89 Å². The predicted octanol–water partition coefficient (Wildman–Crippen LogP) is 2.35. The van der Waals surface area contributed by atoms with E-state index in [1.165, 1.54) is 0 Å². The minimum atomic E-state index is -0.509. The Kier molecular flexibility index (Phi) is 3.28. The molecule has 0 aromatic carbocycles. The van der Waals surface area contributed by atoms with E-state index in [4.69, 9.17) is 9.26 Å². The molecule has 1 amide bonds. The Balaban J connectivity index is 2.01. The summed E-state index contributed by atoms with van der Waals surface area (Å²) >= 11 is 0. The van der Waals surface area contributed by atoms with Crippen molar-refractivity contribution in [1.82, 2.24) is 15.5 Å². The molecule has 1 aromatic heterocycles. The SMILES string of the molecule is Cc1nc([C@H](NC(=O)OC(C)(C)C)C2CC2)no1. The van der Waals surface area contributed by atoms with Crippen LogP contribution in [0.5, 0.6) is 0 Å². The van der Waals surface area contributed by atoms with Crippen LogP contribution in [0.2, 0.25) is 0 Å². The third kappa shape index (κ3) is 3.45. The smallest absolute Gasteiger partial charge is 0.408 e. The van der Waals surface area contributed by atoms with Gasteiger partial charge in [-0.1, -0.05) is 5.16 Å². The fourth-order valence-corrected chi connectivity index (χ4v) is 1.70. The first kappa shape index (κ1) is 12.9. The molecular formula is C12H19N3O3. The summed E-state index contributed by atoms with van der Waals surface area (Å²) in [4.78, 5) is 15.9. The van der Waals surface area contributed by atoms with Gasteiger partial charge in [0.1, 0.15) is 5.60 Å². The van der Waals surface area contributed by atoms with Gasteiger partial charge >= 0.3 is 6.09 Å². The molecule has 1 saturated carbocycles. The van der Waals surface area contributed by atoms with Gasteiger partial charge < -0.3 is 14.6 Å². The molecule has 18 heavy (non-hydrogen) atoms. The Labute approximate surface area is 106 Å². The van der Waals surface area contributed by atoms with Crippen LogP contribution in [0.3, 0.4) is 0 Å². The van der Waals surface area contributed by atoms with Gasteiger partial charge in [0.25, 0.3) is 0 Å². The van der Waals surface area contributed by atoms with Crippen LogP contribution in [0, 0.1) is 12.8 Å². The van der Waals surface area contributed by atoms with Crippen molar-refractivity contribution in [2.45, 2.75) is 52.2 Å². The summed E-state index contributed by atoms with van der Waals surface area (Å²) in [5, 5.41) is 6.69. The van der Waals surface area contributed by atoms with Crippen LogP contribution in [-0.4, -0.2) is 21.8 Å². The molecule has 0 radical (unpaired) electrons. The Morgan fingerprint density at radius 2 is 2.17 bits per heavy atom. The molecule has 2 rings (SSSR count). The van der Waals surface area contributed by atoms with Crippen LogP contribution in [-0.2, 0) is 4.74 Å². The minimum Gasteiger partial charge on any atom is -0.444 e. The zero-order valence-corrected chi connectivity index (χ0v) is 11.2. The monoisotopic (exact) mass is 253 g/mol. The van der Waals surface area contributed by atoms with Crippen LogP contribution in [0.1, 0.15) is 51.4 Å². The highest BCUT2D eigenvalue weighted by atomic mass is 16.6. The molecule has 1 heterocycles. The number of amides is 1. The zero-order valence-electron chi connectivity index (χ0n) is 11.2. The van der Waals surface area contributed by atoms with E-state index in [2.05, 4.69) is 15.5 Å². The molecule has 1 atom stereocenters. The van der Waals surface area contributed by atoms with Crippen LogP contribution < -0.4 is 5.32 Å². The molecule has 1 fully saturated rings. The number of hydrogen-bond acceptors (Lipinski definition) is 5. The van der Waals surface area contributed by atoms with E-state index in [9.17, 15) is 4.79 Å². The highest BCUT2D eigenvalue weighted by Crippen LogP contribution is 2.40. The number of nitrogens with zero attached hydrogens (tertiary/aromatic N) is 2. The Hall–Kier alpha value is -1.59. The van der Waals surface area contributed by atoms with Crippen molar-refractivity contribution in [3.8, 4) is 0 Å². The second-order valence-corrected chi connectivity index (χ2v) is 5.63. The molecule has 1 aliphatic carbocycles. The molecule has 0 aliphatic heterocycles. The van der Waals surface area contributed by atoms with Crippen molar-refractivity contribution in [3.05, 3.63) is 11.7 Å². The lowest BCUT2D eigenvalue weighted by Crippen LogP contribution is -2.36. The number of aromatic nitrogens is 2. The highest BCUT2D eigenvalue weighted by Gasteiger charge is 2.37. The molecule has 0 unspecified atom stereocenters. The van der Waals surface area contributed by atoms with E-state index in [-0.39, 0.29) is 6.04 Å². The largest absolute Gasteiger partial charge is 0.444 e. The number of hydrogen-bond donors (Lipinski definition) is 1. The molecule has 100 valence electrons. The lowest BCUT2D eigenvalue weighted by atomic mass is 10.2. The lowest BCUT2D eigenvalue weighted by molar-refractivity contribution is 0.0494. The minimum absolute atomic E-state index is 0.211. The Bertz CT molecular complexity index is 432. The van der Waals surface area contributed by atoms with Gasteiger partial charge in [-0.3, -0.25) is 0 Å². The molecular weight excluding hydrogens is 234 g/mol. The summed E-state index contributed by atoms with van der Waals surface area (Å²) in [6, 6.07) is -0.211. The highest BCUT2D eigenvalue weighted by molar-refractivity contribution is 5.68. The molecule has 1 aromatic rings. The van der Waals surface area contributed by atoms with Crippen molar-refractivity contribution in [2.75, 3.05) is 0 Å². The maximum Gasteiger partial charge on any atom is 0.408 e. The summed E-state index contributed by atoms with van der Waals surface area (Å²) in [5.74, 6) is 1.41. The van der Waals surface area contributed by atoms with Crippen LogP contribution in [0.15, 0.2) is 4.52 Å². The lowest BCUT2D eigenvalue weighted by Gasteiger charge is -2.22. The van der Waals surface area contributed by atoms with Crippen LogP contribution >= 0.6 is 0 Å². The number of alkyl carbamates (subject to hydrolysis) is 1. The van der Waals surface area contributed by atoms with Gasteiger partial charge in [0.15, 0.2) is 5.82 Å². The first-order valence-corrected chi connectivity index (χ1v) is 6.15. The van der Waals surface area contributed by atoms with Gasteiger partial charge in [0.05, 0.1) is 6.04 Å². The van der Waals surface area contributed by atoms with Crippen molar-refractivity contribution in [1.29, 1.82) is 0 Å². The van der Waals surface area contributed by atoms with Crippen molar-refractivity contribution < 1.29 is 14.1 Å². The number of aryl methyl sites for hydroxylation is 1. The van der Waals surface area contributed by atoms with E-state index in [1.807, 2.05) is 20.8 Å². The number of ether oxygens (including phenoxy) is 1. The number of nitrogens with one attached hydrogen (secondary N) is 1. The second kappa shape index (κ2) is 4.59. The third-order valence-corrected chi connectivity index (χ3v) is 2.59. The van der Waals surface area contributed by atoms with Gasteiger partial charge in [-0.05, 0) is 39.5 Å². The van der Waals surface area contributed by atoms with Gasteiger partial charge in [-0.2, -0.15) is 4.98 Å². The molecule has 0 bridgehead atoms. The van der Waals surface area contributed by atoms with Crippen LogP contribution in [0.4, 0.5) is 4.79 Å². The molecule has 1 N–H and O–H groups in total. The molecule has 0 saturated heterocycles. The predicted molar refractivity (Wildman–Crippen MR) is 63.9 cm³/mol. The average Bonchev–Trinajstić information content (AvgIpc) is 2.95. The fraction of sp³-hybridized carbons (Fsp3) is 0.750. The molecule has 6 heteroatoms. The van der Waals surface area contributed by atoms with E-state index in [0.29, 0.717) is 17.6 Å². The summed E-state index contributed by atoms with van der Waals surface area (Å²) < 4.78 is 10.2. The number of rotatable bonds is 3. The van der Waals surface area contributed by atoms with Gasteiger partial charge in [-0.25, -0.2) is 4.79 Å². The Morgan fingerprint density at radius 1 is 1.50 bits per heavy atom. The normalized spacial score (nSPS) is 17.3. The maximum atomic E-state index is 11.8. The van der Waals surface area contributed by atoms with Crippen molar-refractivity contribution in [3.63, 3.8) is 0 Å². The first-order chi connectivity index (χ1) is 8.35. The summed E-state index contributed by atoms with van der Waals surface area (Å²) in [7, 11) is 0. The van der Waals surface area contributed by atoms with E-state index >= 15 is 0 Å². The summed E-state index contributed by atoms with van der Waals surface area (Å²) in [6.07, 6.45) is 1.68. The Morgan fingerprint density at radius 3 is 2.61 bits per heavy atom. The summed E-state index contributed by atoms with van der Waals surface area (Å²) in [5.41, 5.74) is -0.509. The maximum absolute atomic E-state index is 11.8. The zero-order chi connectivity index (χ0) is 13.3. The number of carbonyl (C=O) groups is 1. The average molecular weight is 253 g/mol. The fourth-order valence-electron chi connectivity index (χ4n) is 1.70. The second-order valence-electron chi connectivity index (χ2n) is 5.63. The first-order valence-electron chi connectivity index (χ1n) is 6.15.